The van der Waals surface area contributed by atoms with Crippen molar-refractivity contribution in [3.63, 3.8) is 0 Å². The third-order valence-corrected chi connectivity index (χ3v) is 2.60. The molecule has 1 heterocycles. The molecule has 1 fully saturated rings. The van der Waals surface area contributed by atoms with Gasteiger partial charge < -0.3 is 10.5 Å². The Kier molecular flexibility index (Phi) is 4.42. The highest BCUT2D eigenvalue weighted by molar-refractivity contribution is 4.89. The van der Waals surface area contributed by atoms with Crippen molar-refractivity contribution in [1.29, 1.82) is 0 Å². The fraction of sp³-hybridized carbons (Fsp3) is 0.800. The van der Waals surface area contributed by atoms with E-state index in [4.69, 9.17) is 10.5 Å². The molecule has 1 aliphatic rings. The molecular weight excluding hydrogens is 164 g/mol. The van der Waals surface area contributed by atoms with Crippen molar-refractivity contribution >= 4 is 0 Å². The van der Waals surface area contributed by atoms with Gasteiger partial charge in [0.2, 0.25) is 0 Å². The molecular formula is C10H20N2O. The Morgan fingerprint density at radius 3 is 2.85 bits per heavy atom. The van der Waals surface area contributed by atoms with E-state index in [0.29, 0.717) is 18.7 Å². The molecule has 2 atom stereocenters. The normalized spacial score (nSPS) is 29.2. The van der Waals surface area contributed by atoms with E-state index in [1.807, 2.05) is 6.08 Å². The fourth-order valence-corrected chi connectivity index (χ4v) is 1.77. The molecule has 0 aliphatic carbocycles. The van der Waals surface area contributed by atoms with Crippen molar-refractivity contribution in [3.8, 4) is 0 Å². The highest BCUT2D eigenvalue weighted by Crippen LogP contribution is 2.17. The molecule has 0 amide bonds. The van der Waals surface area contributed by atoms with Gasteiger partial charge in [0, 0.05) is 25.7 Å². The second-order valence-electron chi connectivity index (χ2n) is 3.58. The molecule has 2 N–H and O–H groups in total. The average Bonchev–Trinajstić information content (AvgIpc) is 2.52. The van der Waals surface area contributed by atoms with E-state index in [-0.39, 0.29) is 0 Å². The van der Waals surface area contributed by atoms with Crippen LogP contribution in [0.2, 0.25) is 0 Å². The Bertz CT molecular complexity index is 170. The lowest BCUT2D eigenvalue weighted by Gasteiger charge is -2.25. The molecule has 1 rings (SSSR count). The Morgan fingerprint density at radius 1 is 1.54 bits per heavy atom. The highest BCUT2D eigenvalue weighted by atomic mass is 16.5. The first kappa shape index (κ1) is 10.7. The van der Waals surface area contributed by atoms with E-state index in [2.05, 4.69) is 24.9 Å². The maximum Gasteiger partial charge on any atom is 0.0703 e. The van der Waals surface area contributed by atoms with Crippen LogP contribution in [0.25, 0.3) is 0 Å². The summed E-state index contributed by atoms with van der Waals surface area (Å²) in [6.45, 7) is 4.64. The molecule has 0 saturated carbocycles. The van der Waals surface area contributed by atoms with Gasteiger partial charge in [-0.15, -0.1) is 0 Å². The van der Waals surface area contributed by atoms with Crippen molar-refractivity contribution in [2.45, 2.75) is 25.5 Å². The van der Waals surface area contributed by atoms with Gasteiger partial charge >= 0.3 is 0 Å². The lowest BCUT2D eigenvalue weighted by Crippen LogP contribution is -2.36. The van der Waals surface area contributed by atoms with Crippen LogP contribution in [0.1, 0.15) is 13.3 Å². The molecule has 13 heavy (non-hydrogen) atoms. The van der Waals surface area contributed by atoms with E-state index < -0.39 is 0 Å². The summed E-state index contributed by atoms with van der Waals surface area (Å²) in [6.07, 6.45) is 5.63. The van der Waals surface area contributed by atoms with Gasteiger partial charge in [0.15, 0.2) is 0 Å². The van der Waals surface area contributed by atoms with Crippen LogP contribution in [0, 0.1) is 0 Å². The number of likely N-dealkylation sites (N-methyl/N-ethyl adjacent to an activating group) is 1. The van der Waals surface area contributed by atoms with Crippen LogP contribution >= 0.6 is 0 Å². The molecule has 0 aromatic carbocycles. The Morgan fingerprint density at radius 2 is 2.31 bits per heavy atom. The van der Waals surface area contributed by atoms with Crippen molar-refractivity contribution in [3.05, 3.63) is 12.2 Å². The summed E-state index contributed by atoms with van der Waals surface area (Å²) in [5, 5.41) is 0. The first-order valence-electron chi connectivity index (χ1n) is 4.92. The minimum atomic E-state index is 0.372. The largest absolute Gasteiger partial charge is 0.377 e. The molecule has 0 radical (unpaired) electrons. The molecule has 2 unspecified atom stereocenters. The van der Waals surface area contributed by atoms with Gasteiger partial charge in [-0.05, 0) is 20.4 Å². The third kappa shape index (κ3) is 3.10. The van der Waals surface area contributed by atoms with Crippen molar-refractivity contribution < 1.29 is 4.74 Å². The predicted octanol–water partition coefficient (Wildman–Crippen LogP) is 0.611. The van der Waals surface area contributed by atoms with E-state index in [1.54, 1.807) is 0 Å². The van der Waals surface area contributed by atoms with Gasteiger partial charge in [-0.3, -0.25) is 4.90 Å². The lowest BCUT2D eigenvalue weighted by atomic mass is 10.1. The summed E-state index contributed by atoms with van der Waals surface area (Å²) in [4.78, 5) is 2.32. The zero-order valence-corrected chi connectivity index (χ0v) is 8.57. The van der Waals surface area contributed by atoms with Crippen LogP contribution in [0.5, 0.6) is 0 Å². The molecule has 76 valence electrons. The van der Waals surface area contributed by atoms with Gasteiger partial charge in [-0.25, -0.2) is 0 Å². The molecule has 3 nitrogen and oxygen atoms in total. The summed E-state index contributed by atoms with van der Waals surface area (Å²) < 4.78 is 5.50. The molecule has 3 heteroatoms. The molecule has 0 bridgehead atoms. The smallest absolute Gasteiger partial charge is 0.0703 e. The summed E-state index contributed by atoms with van der Waals surface area (Å²) >= 11 is 0. The van der Waals surface area contributed by atoms with Gasteiger partial charge in [0.05, 0.1) is 6.10 Å². The standard InChI is InChI=1S/C10H20N2O/c1-9-10(5-8-13-9)12(2)7-4-3-6-11/h3-4,9-10H,5-8,11H2,1-2H3/b4-3+. The van der Waals surface area contributed by atoms with Gasteiger partial charge in [-0.1, -0.05) is 12.2 Å². The molecule has 0 aromatic rings. The van der Waals surface area contributed by atoms with E-state index >= 15 is 0 Å². The van der Waals surface area contributed by atoms with Gasteiger partial charge in [-0.2, -0.15) is 0 Å². The monoisotopic (exact) mass is 184 g/mol. The number of ether oxygens (including phenoxy) is 1. The van der Waals surface area contributed by atoms with Crippen LogP contribution < -0.4 is 5.73 Å². The maximum atomic E-state index is 5.50. The zero-order valence-electron chi connectivity index (χ0n) is 8.57. The second kappa shape index (κ2) is 5.37. The Balaban J connectivity index is 2.29. The fourth-order valence-electron chi connectivity index (χ4n) is 1.77. The van der Waals surface area contributed by atoms with Crippen molar-refractivity contribution in [2.75, 3.05) is 26.7 Å². The summed E-state index contributed by atoms with van der Waals surface area (Å²) in [5.74, 6) is 0. The van der Waals surface area contributed by atoms with Crippen LogP contribution in [-0.4, -0.2) is 43.8 Å². The average molecular weight is 184 g/mol. The predicted molar refractivity (Wildman–Crippen MR) is 54.6 cm³/mol. The molecule has 0 spiro atoms. The first-order chi connectivity index (χ1) is 6.25. The van der Waals surface area contributed by atoms with Gasteiger partial charge in [0.1, 0.15) is 0 Å². The SMILES string of the molecule is CC1OCCC1N(C)C/C=C/CN. The minimum absolute atomic E-state index is 0.372. The third-order valence-electron chi connectivity index (χ3n) is 2.60. The maximum absolute atomic E-state index is 5.50. The van der Waals surface area contributed by atoms with Crippen LogP contribution in [-0.2, 0) is 4.74 Å². The highest BCUT2D eigenvalue weighted by Gasteiger charge is 2.26. The van der Waals surface area contributed by atoms with Crippen molar-refractivity contribution in [1.82, 2.24) is 4.90 Å². The first-order valence-corrected chi connectivity index (χ1v) is 4.92. The summed E-state index contributed by atoms with van der Waals surface area (Å²) in [7, 11) is 2.14. The van der Waals surface area contributed by atoms with Gasteiger partial charge in [0.25, 0.3) is 0 Å². The number of hydrogen-bond donors (Lipinski definition) is 1. The second-order valence-corrected chi connectivity index (χ2v) is 3.58. The topological polar surface area (TPSA) is 38.5 Å². The summed E-state index contributed by atoms with van der Waals surface area (Å²) in [6, 6.07) is 0.572. The number of nitrogens with two attached hydrogens (primary N) is 1. The van der Waals surface area contributed by atoms with E-state index in [9.17, 15) is 0 Å². The van der Waals surface area contributed by atoms with Crippen LogP contribution in [0.4, 0.5) is 0 Å². The minimum Gasteiger partial charge on any atom is -0.377 e. The number of rotatable bonds is 4. The number of hydrogen-bond acceptors (Lipinski definition) is 3. The zero-order chi connectivity index (χ0) is 9.68. The van der Waals surface area contributed by atoms with E-state index in [0.717, 1.165) is 19.6 Å². The number of nitrogens with zero attached hydrogens (tertiary/aromatic N) is 1. The molecule has 1 aliphatic heterocycles. The Labute approximate surface area is 80.5 Å². The van der Waals surface area contributed by atoms with E-state index in [1.165, 1.54) is 0 Å². The van der Waals surface area contributed by atoms with Crippen LogP contribution in [0.3, 0.4) is 0 Å². The molecule has 0 aromatic heterocycles. The Hall–Kier alpha value is -0.380. The quantitative estimate of drug-likeness (QED) is 0.651. The van der Waals surface area contributed by atoms with Crippen LogP contribution in [0.15, 0.2) is 12.2 Å². The summed E-state index contributed by atoms with van der Waals surface area (Å²) in [5.41, 5.74) is 5.37. The van der Waals surface area contributed by atoms with Crippen molar-refractivity contribution in [2.24, 2.45) is 5.73 Å². The lowest BCUT2D eigenvalue weighted by molar-refractivity contribution is 0.0873. The molecule has 1 saturated heterocycles.